The Morgan fingerprint density at radius 2 is 1.71 bits per heavy atom. The number of hydrogen-bond donors (Lipinski definition) is 0. The number of carbonyl (C=O) groups excluding carboxylic acids is 2. The van der Waals surface area contributed by atoms with Crippen molar-refractivity contribution in [1.29, 1.82) is 0 Å². The second kappa shape index (κ2) is 10.7. The maximum absolute atomic E-state index is 12.3. The Morgan fingerprint density at radius 1 is 1.14 bits per heavy atom. The first-order valence-corrected chi connectivity index (χ1v) is 7.13. The van der Waals surface area contributed by atoms with E-state index in [2.05, 4.69) is 25.0 Å². The Labute approximate surface area is 127 Å². The summed E-state index contributed by atoms with van der Waals surface area (Å²) < 4.78 is 10.2. The lowest BCUT2D eigenvalue weighted by atomic mass is 9.79. The van der Waals surface area contributed by atoms with E-state index in [9.17, 15) is 9.59 Å². The minimum atomic E-state index is -1.37. The molecule has 0 atom stereocenters. The summed E-state index contributed by atoms with van der Waals surface area (Å²) in [6.07, 6.45) is 4.89. The van der Waals surface area contributed by atoms with Gasteiger partial charge in [-0.2, -0.15) is 0 Å². The minimum absolute atomic E-state index is 0.0633. The van der Waals surface area contributed by atoms with Crippen LogP contribution >= 0.6 is 0 Å². The van der Waals surface area contributed by atoms with Crippen molar-refractivity contribution >= 4 is 11.9 Å². The van der Waals surface area contributed by atoms with Gasteiger partial charge in [0.2, 0.25) is 0 Å². The van der Waals surface area contributed by atoms with E-state index in [1.165, 1.54) is 6.08 Å². The molecule has 0 saturated heterocycles. The van der Waals surface area contributed by atoms with Crippen LogP contribution in [0, 0.1) is 17.3 Å². The van der Waals surface area contributed by atoms with E-state index in [1.807, 2.05) is 0 Å². The molecule has 0 amide bonds. The average molecular weight is 292 g/mol. The molecule has 0 aliphatic rings. The molecule has 0 heterocycles. The van der Waals surface area contributed by atoms with Crippen molar-refractivity contribution < 1.29 is 19.1 Å². The molecular weight excluding hydrogens is 268 g/mol. The van der Waals surface area contributed by atoms with Crippen LogP contribution in [0.1, 0.15) is 39.5 Å². The largest absolute Gasteiger partial charge is 0.465 e. The molecule has 0 spiro atoms. The van der Waals surface area contributed by atoms with Crippen molar-refractivity contribution in [3.8, 4) is 11.8 Å². The van der Waals surface area contributed by atoms with Crippen molar-refractivity contribution in [3.63, 3.8) is 0 Å². The van der Waals surface area contributed by atoms with Gasteiger partial charge in [0.25, 0.3) is 0 Å². The lowest BCUT2D eigenvalue weighted by Gasteiger charge is -2.27. The fourth-order valence-electron chi connectivity index (χ4n) is 1.88. The van der Waals surface area contributed by atoms with Gasteiger partial charge >= 0.3 is 11.9 Å². The molecule has 0 N–H and O–H groups in total. The first-order chi connectivity index (χ1) is 10.1. The summed E-state index contributed by atoms with van der Waals surface area (Å²) in [5, 5.41) is 0. The molecule has 21 heavy (non-hydrogen) atoms. The molecule has 0 fully saturated rings. The van der Waals surface area contributed by atoms with Crippen LogP contribution in [0.15, 0.2) is 25.3 Å². The summed E-state index contributed by atoms with van der Waals surface area (Å²) in [6.45, 7) is 11.0. The van der Waals surface area contributed by atoms with E-state index in [4.69, 9.17) is 9.47 Å². The van der Waals surface area contributed by atoms with E-state index in [0.29, 0.717) is 19.3 Å². The number of carbonyl (C=O) groups is 2. The van der Waals surface area contributed by atoms with Gasteiger partial charge in [0.1, 0.15) is 0 Å². The fraction of sp³-hybridized carbons (Fsp3) is 0.529. The molecule has 0 unspecified atom stereocenters. The van der Waals surface area contributed by atoms with Crippen LogP contribution in [0.5, 0.6) is 0 Å². The summed E-state index contributed by atoms with van der Waals surface area (Å²) >= 11 is 0. The van der Waals surface area contributed by atoms with Gasteiger partial charge < -0.3 is 9.47 Å². The highest BCUT2D eigenvalue weighted by Crippen LogP contribution is 2.32. The molecule has 0 aliphatic heterocycles. The number of rotatable bonds is 9. The first kappa shape index (κ1) is 19.0. The van der Waals surface area contributed by atoms with Gasteiger partial charge in [-0.05, 0) is 39.2 Å². The van der Waals surface area contributed by atoms with Crippen LogP contribution in [0.2, 0.25) is 0 Å². The fourth-order valence-corrected chi connectivity index (χ4v) is 1.88. The smallest absolute Gasteiger partial charge is 0.324 e. The zero-order valence-electron chi connectivity index (χ0n) is 12.9. The van der Waals surface area contributed by atoms with Crippen molar-refractivity contribution in [2.24, 2.45) is 5.41 Å². The third-order valence-corrected chi connectivity index (χ3v) is 2.94. The summed E-state index contributed by atoms with van der Waals surface area (Å²) in [7, 11) is 0. The Morgan fingerprint density at radius 3 is 2.14 bits per heavy atom. The van der Waals surface area contributed by atoms with E-state index in [-0.39, 0.29) is 19.6 Å². The molecule has 4 nitrogen and oxygen atoms in total. The van der Waals surface area contributed by atoms with Crippen LogP contribution in [0.3, 0.4) is 0 Å². The van der Waals surface area contributed by atoms with Gasteiger partial charge in [0.05, 0.1) is 13.2 Å². The maximum Gasteiger partial charge on any atom is 0.324 e. The van der Waals surface area contributed by atoms with Gasteiger partial charge in [0, 0.05) is 6.42 Å². The summed E-state index contributed by atoms with van der Waals surface area (Å²) in [5.41, 5.74) is -1.37. The van der Waals surface area contributed by atoms with E-state index in [1.54, 1.807) is 19.9 Å². The van der Waals surface area contributed by atoms with Gasteiger partial charge in [0.15, 0.2) is 5.41 Å². The number of esters is 2. The quantitative estimate of drug-likeness (QED) is 0.215. The third-order valence-electron chi connectivity index (χ3n) is 2.94. The van der Waals surface area contributed by atoms with Crippen LogP contribution in [0.4, 0.5) is 0 Å². The highest BCUT2D eigenvalue weighted by Gasteiger charge is 2.47. The van der Waals surface area contributed by atoms with E-state index >= 15 is 0 Å². The predicted octanol–water partition coefficient (Wildman–Crippen LogP) is 3.03. The Kier molecular flexibility index (Phi) is 9.70. The van der Waals surface area contributed by atoms with Crippen molar-refractivity contribution in [3.05, 3.63) is 25.3 Å². The number of hydrogen-bond acceptors (Lipinski definition) is 4. The van der Waals surface area contributed by atoms with Gasteiger partial charge in [-0.15, -0.1) is 6.58 Å². The molecule has 0 aromatic heterocycles. The SMILES string of the molecule is C=CC#CCC(CCCC=C)(C(=O)OCC)C(=O)OCC. The number of ether oxygens (including phenoxy) is 2. The van der Waals surface area contributed by atoms with Crippen LogP contribution < -0.4 is 0 Å². The van der Waals surface area contributed by atoms with Crippen molar-refractivity contribution in [2.75, 3.05) is 13.2 Å². The van der Waals surface area contributed by atoms with E-state index in [0.717, 1.165) is 0 Å². The normalized spacial score (nSPS) is 10.0. The zero-order chi connectivity index (χ0) is 16.1. The molecule has 0 aliphatic carbocycles. The Hall–Kier alpha value is -2.02. The van der Waals surface area contributed by atoms with Gasteiger partial charge in [-0.1, -0.05) is 24.5 Å². The molecule has 116 valence electrons. The molecule has 4 heteroatoms. The first-order valence-electron chi connectivity index (χ1n) is 7.13. The highest BCUT2D eigenvalue weighted by atomic mass is 16.6. The Balaban J connectivity index is 5.43. The molecule has 0 aromatic carbocycles. The standard InChI is InChI=1S/C17H24O4/c1-5-9-11-13-17(14-12-10-6-2,15(18)20-7-3)16(19)21-8-4/h5-6H,1-2,7-9,11,13-14H2,3-4H3. The van der Waals surface area contributed by atoms with Crippen molar-refractivity contribution in [2.45, 2.75) is 39.5 Å². The average Bonchev–Trinajstić information content (AvgIpc) is 2.46. The summed E-state index contributed by atoms with van der Waals surface area (Å²) in [6, 6.07) is 0. The number of unbranched alkanes of at least 4 members (excludes halogenated alkanes) is 1. The minimum Gasteiger partial charge on any atom is -0.465 e. The third kappa shape index (κ3) is 5.86. The zero-order valence-corrected chi connectivity index (χ0v) is 12.9. The van der Waals surface area contributed by atoms with Crippen LogP contribution in [-0.2, 0) is 19.1 Å². The molecule has 0 rings (SSSR count). The molecular formula is C17H24O4. The monoisotopic (exact) mass is 292 g/mol. The maximum atomic E-state index is 12.3. The molecule has 0 radical (unpaired) electrons. The van der Waals surface area contributed by atoms with Crippen LogP contribution in [0.25, 0.3) is 0 Å². The molecule has 0 aromatic rings. The summed E-state index contributed by atoms with van der Waals surface area (Å²) in [4.78, 5) is 24.7. The van der Waals surface area contributed by atoms with E-state index < -0.39 is 17.4 Å². The highest BCUT2D eigenvalue weighted by molar-refractivity contribution is 6.00. The van der Waals surface area contributed by atoms with Gasteiger partial charge in [-0.3, -0.25) is 9.59 Å². The summed E-state index contributed by atoms with van der Waals surface area (Å²) in [5.74, 6) is 4.30. The van der Waals surface area contributed by atoms with Crippen molar-refractivity contribution in [1.82, 2.24) is 0 Å². The predicted molar refractivity (Wildman–Crippen MR) is 82.3 cm³/mol. The lowest BCUT2D eigenvalue weighted by Crippen LogP contribution is -2.42. The molecule has 0 bridgehead atoms. The van der Waals surface area contributed by atoms with Gasteiger partial charge in [-0.25, -0.2) is 0 Å². The topological polar surface area (TPSA) is 52.6 Å². The Bertz CT molecular complexity index is 408. The second-order valence-corrected chi connectivity index (χ2v) is 4.41. The molecule has 0 saturated carbocycles. The lowest BCUT2D eigenvalue weighted by molar-refractivity contribution is -0.172. The van der Waals surface area contributed by atoms with Crippen LogP contribution in [-0.4, -0.2) is 25.2 Å². The number of allylic oxidation sites excluding steroid dienone is 2. The second-order valence-electron chi connectivity index (χ2n) is 4.41.